The van der Waals surface area contributed by atoms with Crippen LogP contribution in [0.3, 0.4) is 0 Å². The fourth-order valence-electron chi connectivity index (χ4n) is 7.11. The number of aromatic nitrogens is 1. The number of thioether (sulfide) groups is 1. The number of rotatable bonds is 2. The van der Waals surface area contributed by atoms with E-state index in [0.717, 1.165) is 0 Å². The van der Waals surface area contributed by atoms with Gasteiger partial charge in [-0.05, 0) is 64.2 Å². The van der Waals surface area contributed by atoms with Crippen molar-refractivity contribution < 1.29 is 0 Å². The van der Waals surface area contributed by atoms with E-state index in [4.69, 9.17) is 0 Å². The van der Waals surface area contributed by atoms with Gasteiger partial charge in [0.1, 0.15) is 5.37 Å². The second-order valence-corrected chi connectivity index (χ2v) is 13.6. The minimum absolute atomic E-state index is 0.139. The summed E-state index contributed by atoms with van der Waals surface area (Å²) in [5.74, 6) is 0. The molecule has 0 bridgehead atoms. The molecule has 0 saturated heterocycles. The Kier molecular flexibility index (Phi) is 4.90. The molecule has 0 saturated carbocycles. The summed E-state index contributed by atoms with van der Waals surface area (Å²) in [6.45, 7) is 0. The summed E-state index contributed by atoms with van der Waals surface area (Å²) in [5.41, 5.74) is 6.28. The lowest BCUT2D eigenvalue weighted by Crippen LogP contribution is -2.04. The van der Waals surface area contributed by atoms with Crippen LogP contribution >= 0.6 is 23.1 Å². The van der Waals surface area contributed by atoms with Crippen molar-refractivity contribution in [3.05, 3.63) is 139 Å². The number of nitrogens with one attached hydrogen (secondary N) is 1. The van der Waals surface area contributed by atoms with Crippen LogP contribution in [0.4, 0.5) is 5.69 Å². The largest absolute Gasteiger partial charge is 0.368 e. The normalized spacial score (nSPS) is 14.8. The molecule has 0 radical (unpaired) electrons. The SMILES string of the molecule is c1ccc2cc3c(cc2c1)c1ccccc1n3-c1ccc(C2Nc3c(ccc4sc5ccccc5c34)S2)c2ccccc12. The maximum absolute atomic E-state index is 3.96. The van der Waals surface area contributed by atoms with Crippen LogP contribution in [0, 0.1) is 0 Å². The monoisotopic (exact) mass is 584 g/mol. The predicted molar refractivity (Wildman–Crippen MR) is 187 cm³/mol. The van der Waals surface area contributed by atoms with Gasteiger partial charge in [0.05, 0.1) is 22.4 Å². The van der Waals surface area contributed by atoms with Crippen LogP contribution in [0.5, 0.6) is 0 Å². The Morgan fingerprint density at radius 3 is 2.14 bits per heavy atom. The zero-order valence-corrected chi connectivity index (χ0v) is 24.7. The summed E-state index contributed by atoms with van der Waals surface area (Å²) in [7, 11) is 0. The molecule has 9 aromatic rings. The first-order valence-electron chi connectivity index (χ1n) is 14.6. The molecule has 1 unspecified atom stereocenters. The van der Waals surface area contributed by atoms with Gasteiger partial charge in [0.2, 0.25) is 0 Å². The number of nitrogens with zero attached hydrogens (tertiary/aromatic N) is 1. The van der Waals surface area contributed by atoms with Gasteiger partial charge < -0.3 is 9.88 Å². The van der Waals surface area contributed by atoms with Crippen LogP contribution in [0.25, 0.3) is 69.2 Å². The Bertz CT molecular complexity index is 2590. The number of anilines is 1. The topological polar surface area (TPSA) is 17.0 Å². The maximum Gasteiger partial charge on any atom is 0.103 e. The maximum atomic E-state index is 3.96. The van der Waals surface area contributed by atoms with Crippen molar-refractivity contribution in [2.45, 2.75) is 10.3 Å². The third kappa shape index (κ3) is 3.36. The average Bonchev–Trinajstić information content (AvgIpc) is 3.75. The van der Waals surface area contributed by atoms with Crippen molar-refractivity contribution in [2.75, 3.05) is 5.32 Å². The number of hydrogen-bond acceptors (Lipinski definition) is 3. The molecule has 10 rings (SSSR count). The first-order valence-corrected chi connectivity index (χ1v) is 16.3. The van der Waals surface area contributed by atoms with E-state index in [1.165, 1.54) is 85.4 Å². The van der Waals surface area contributed by atoms with Gasteiger partial charge in [0, 0.05) is 41.2 Å². The van der Waals surface area contributed by atoms with Crippen molar-refractivity contribution >= 4 is 92.3 Å². The van der Waals surface area contributed by atoms with Gasteiger partial charge in [-0.25, -0.2) is 0 Å². The zero-order valence-electron chi connectivity index (χ0n) is 23.0. The first kappa shape index (κ1) is 23.8. The molecule has 0 spiro atoms. The summed E-state index contributed by atoms with van der Waals surface area (Å²) in [5, 5.41) is 14.5. The molecule has 1 N–H and O–H groups in total. The molecule has 1 aliphatic rings. The first-order chi connectivity index (χ1) is 21.3. The molecule has 0 fully saturated rings. The number of fused-ring (bicyclic) bond motifs is 10. The fourth-order valence-corrected chi connectivity index (χ4v) is 9.42. The predicted octanol–water partition coefficient (Wildman–Crippen LogP) is 11.7. The van der Waals surface area contributed by atoms with Crippen molar-refractivity contribution in [2.24, 2.45) is 0 Å². The summed E-state index contributed by atoms with van der Waals surface area (Å²) in [4.78, 5) is 1.32. The van der Waals surface area contributed by atoms with E-state index >= 15 is 0 Å². The second-order valence-electron chi connectivity index (χ2n) is 11.3. The molecule has 1 aliphatic heterocycles. The highest BCUT2D eigenvalue weighted by atomic mass is 32.2. The van der Waals surface area contributed by atoms with Gasteiger partial charge in [0.25, 0.3) is 0 Å². The Morgan fingerprint density at radius 1 is 0.535 bits per heavy atom. The Hall–Kier alpha value is -4.77. The molecule has 7 aromatic carbocycles. The molecule has 0 amide bonds. The third-order valence-corrected chi connectivity index (χ3v) is 11.4. The molecule has 202 valence electrons. The van der Waals surface area contributed by atoms with Crippen molar-refractivity contribution in [1.82, 2.24) is 4.57 Å². The van der Waals surface area contributed by atoms with Crippen molar-refractivity contribution in [3.8, 4) is 5.69 Å². The van der Waals surface area contributed by atoms with E-state index in [0.29, 0.717) is 0 Å². The lowest BCUT2D eigenvalue weighted by molar-refractivity contribution is 1.14. The highest BCUT2D eigenvalue weighted by molar-refractivity contribution is 8.00. The summed E-state index contributed by atoms with van der Waals surface area (Å²) in [6.07, 6.45) is 0. The molecule has 2 aromatic heterocycles. The lowest BCUT2D eigenvalue weighted by atomic mass is 10.0. The highest BCUT2D eigenvalue weighted by Gasteiger charge is 2.28. The van der Waals surface area contributed by atoms with Crippen molar-refractivity contribution in [3.63, 3.8) is 0 Å². The van der Waals surface area contributed by atoms with Crippen LogP contribution in [0.1, 0.15) is 10.9 Å². The molecule has 2 nitrogen and oxygen atoms in total. The standard InChI is InChI=1S/C39H24N2S2/c1-2-10-24-22-33-30(21-23(24)9-1)27-13-5-7-15-31(27)41(33)32-18-17-28(25-11-3-4-12-26(25)32)39-40-38-36(43-39)20-19-35-37(38)29-14-6-8-16-34(29)42-35/h1-22,39-40H. The van der Waals surface area contributed by atoms with Crippen LogP contribution in [0.15, 0.2) is 138 Å². The van der Waals surface area contributed by atoms with E-state index in [1.54, 1.807) is 0 Å². The summed E-state index contributed by atoms with van der Waals surface area (Å²) in [6, 6.07) is 49.2. The van der Waals surface area contributed by atoms with Crippen LogP contribution in [0.2, 0.25) is 0 Å². The third-order valence-electron chi connectivity index (χ3n) is 9.02. The number of hydrogen-bond donors (Lipinski definition) is 1. The van der Waals surface area contributed by atoms with E-state index in [1.807, 2.05) is 23.1 Å². The van der Waals surface area contributed by atoms with E-state index < -0.39 is 0 Å². The smallest absolute Gasteiger partial charge is 0.103 e. The van der Waals surface area contributed by atoms with E-state index in [9.17, 15) is 0 Å². The Balaban J connectivity index is 1.18. The molecule has 4 heteroatoms. The van der Waals surface area contributed by atoms with Gasteiger partial charge in [-0.3, -0.25) is 0 Å². The van der Waals surface area contributed by atoms with E-state index in [2.05, 4.69) is 143 Å². The van der Waals surface area contributed by atoms with Gasteiger partial charge in [-0.2, -0.15) is 0 Å². The second kappa shape index (κ2) is 8.87. The van der Waals surface area contributed by atoms with Crippen LogP contribution in [-0.2, 0) is 0 Å². The van der Waals surface area contributed by atoms with E-state index in [-0.39, 0.29) is 5.37 Å². The van der Waals surface area contributed by atoms with Gasteiger partial charge >= 0.3 is 0 Å². The van der Waals surface area contributed by atoms with Gasteiger partial charge in [-0.15, -0.1) is 11.3 Å². The number of benzene rings is 7. The van der Waals surface area contributed by atoms with Crippen LogP contribution < -0.4 is 5.32 Å². The van der Waals surface area contributed by atoms with Crippen LogP contribution in [-0.4, -0.2) is 4.57 Å². The molecule has 3 heterocycles. The Labute approximate surface area is 256 Å². The molecule has 1 atom stereocenters. The molecular weight excluding hydrogens is 561 g/mol. The quantitative estimate of drug-likeness (QED) is 0.218. The lowest BCUT2D eigenvalue weighted by Gasteiger charge is -2.18. The number of para-hydroxylation sites is 1. The highest BCUT2D eigenvalue weighted by Crippen LogP contribution is 2.53. The molecular formula is C39H24N2S2. The Morgan fingerprint density at radius 2 is 1.26 bits per heavy atom. The van der Waals surface area contributed by atoms with Gasteiger partial charge in [0.15, 0.2) is 0 Å². The summed E-state index contributed by atoms with van der Waals surface area (Å²) < 4.78 is 5.15. The van der Waals surface area contributed by atoms with Crippen molar-refractivity contribution in [1.29, 1.82) is 0 Å². The minimum atomic E-state index is 0.139. The molecule has 0 aliphatic carbocycles. The summed E-state index contributed by atoms with van der Waals surface area (Å²) >= 11 is 3.81. The number of thiophene rings is 1. The average molecular weight is 585 g/mol. The van der Waals surface area contributed by atoms with Gasteiger partial charge in [-0.1, -0.05) is 103 Å². The minimum Gasteiger partial charge on any atom is -0.368 e. The fraction of sp³-hybridized carbons (Fsp3) is 0.0256. The molecule has 43 heavy (non-hydrogen) atoms. The zero-order chi connectivity index (χ0) is 28.1.